The lowest BCUT2D eigenvalue weighted by atomic mass is 10.2. The zero-order chi connectivity index (χ0) is 12.4. The molecule has 1 N–H and O–H groups in total. The van der Waals surface area contributed by atoms with Crippen molar-refractivity contribution in [2.45, 2.75) is 13.8 Å². The number of thiazole rings is 1. The normalized spacial score (nSPS) is 10.3. The highest BCUT2D eigenvalue weighted by molar-refractivity contribution is 9.10. The lowest BCUT2D eigenvalue weighted by Crippen LogP contribution is -2.13. The molecule has 5 heteroatoms. The van der Waals surface area contributed by atoms with Crippen molar-refractivity contribution >= 4 is 38.9 Å². The van der Waals surface area contributed by atoms with Gasteiger partial charge in [-0.3, -0.25) is 4.79 Å². The summed E-state index contributed by atoms with van der Waals surface area (Å²) >= 11 is 4.89. The lowest BCUT2D eigenvalue weighted by molar-refractivity contribution is 0.102. The molecule has 0 saturated heterocycles. The number of rotatable bonds is 2. The highest BCUT2D eigenvalue weighted by Gasteiger charge is 2.12. The SMILES string of the molecule is Cc1cc(NC(=O)c2ncsc2C)ccc1Br. The minimum atomic E-state index is -0.162. The molecule has 0 atom stereocenters. The van der Waals surface area contributed by atoms with Crippen molar-refractivity contribution in [1.29, 1.82) is 0 Å². The van der Waals surface area contributed by atoms with Crippen LogP contribution in [0, 0.1) is 13.8 Å². The number of carbonyl (C=O) groups excluding carboxylic acids is 1. The number of nitrogens with zero attached hydrogens (tertiary/aromatic N) is 1. The Balaban J connectivity index is 2.19. The molecular weight excluding hydrogens is 300 g/mol. The van der Waals surface area contributed by atoms with Gasteiger partial charge in [-0.15, -0.1) is 11.3 Å². The molecule has 0 aliphatic carbocycles. The first kappa shape index (κ1) is 12.3. The maximum Gasteiger partial charge on any atom is 0.275 e. The Morgan fingerprint density at radius 3 is 2.76 bits per heavy atom. The summed E-state index contributed by atoms with van der Waals surface area (Å²) in [6, 6.07) is 5.69. The molecule has 1 amide bonds. The first-order valence-electron chi connectivity index (χ1n) is 5.05. The molecule has 0 spiro atoms. The Kier molecular flexibility index (Phi) is 3.59. The molecule has 0 bridgehead atoms. The number of anilines is 1. The topological polar surface area (TPSA) is 42.0 Å². The van der Waals surface area contributed by atoms with E-state index in [1.165, 1.54) is 11.3 Å². The average molecular weight is 311 g/mol. The van der Waals surface area contributed by atoms with Crippen LogP contribution in [0.25, 0.3) is 0 Å². The van der Waals surface area contributed by atoms with Crippen molar-refractivity contribution in [3.05, 3.63) is 44.3 Å². The molecule has 0 unspecified atom stereocenters. The fourth-order valence-corrected chi connectivity index (χ4v) is 2.26. The second kappa shape index (κ2) is 4.98. The largest absolute Gasteiger partial charge is 0.321 e. The maximum atomic E-state index is 11.9. The maximum absolute atomic E-state index is 11.9. The van der Waals surface area contributed by atoms with E-state index in [0.29, 0.717) is 5.69 Å². The summed E-state index contributed by atoms with van der Waals surface area (Å²) in [6.07, 6.45) is 0. The predicted molar refractivity (Wildman–Crippen MR) is 73.7 cm³/mol. The van der Waals surface area contributed by atoms with Gasteiger partial charge in [-0.05, 0) is 37.6 Å². The molecule has 1 aromatic heterocycles. The van der Waals surface area contributed by atoms with Gasteiger partial charge in [0.15, 0.2) is 0 Å². The summed E-state index contributed by atoms with van der Waals surface area (Å²) in [5.74, 6) is -0.162. The summed E-state index contributed by atoms with van der Waals surface area (Å²) < 4.78 is 1.03. The van der Waals surface area contributed by atoms with Crippen LogP contribution in [0.15, 0.2) is 28.2 Å². The zero-order valence-corrected chi connectivity index (χ0v) is 11.9. The first-order valence-corrected chi connectivity index (χ1v) is 6.73. The van der Waals surface area contributed by atoms with E-state index in [4.69, 9.17) is 0 Å². The summed E-state index contributed by atoms with van der Waals surface area (Å²) in [5.41, 5.74) is 4.04. The summed E-state index contributed by atoms with van der Waals surface area (Å²) in [6.45, 7) is 3.87. The fourth-order valence-electron chi connectivity index (χ4n) is 1.44. The number of carbonyl (C=O) groups is 1. The summed E-state index contributed by atoms with van der Waals surface area (Å²) in [5, 5.41) is 2.84. The van der Waals surface area contributed by atoms with Crippen LogP contribution in [0.3, 0.4) is 0 Å². The van der Waals surface area contributed by atoms with Gasteiger partial charge in [0.2, 0.25) is 0 Å². The van der Waals surface area contributed by atoms with E-state index in [-0.39, 0.29) is 5.91 Å². The lowest BCUT2D eigenvalue weighted by Gasteiger charge is -2.06. The molecule has 2 aromatic rings. The van der Waals surface area contributed by atoms with Crippen molar-refractivity contribution in [1.82, 2.24) is 4.98 Å². The number of benzene rings is 1. The molecule has 0 radical (unpaired) electrons. The van der Waals surface area contributed by atoms with Crippen LogP contribution in [0.2, 0.25) is 0 Å². The van der Waals surface area contributed by atoms with Gasteiger partial charge in [0.25, 0.3) is 5.91 Å². The van der Waals surface area contributed by atoms with E-state index in [1.807, 2.05) is 32.0 Å². The molecule has 0 aliphatic rings. The zero-order valence-electron chi connectivity index (χ0n) is 9.45. The molecule has 1 heterocycles. The van der Waals surface area contributed by atoms with E-state index < -0.39 is 0 Å². The van der Waals surface area contributed by atoms with E-state index in [9.17, 15) is 4.79 Å². The molecular formula is C12H11BrN2OS. The van der Waals surface area contributed by atoms with E-state index in [0.717, 1.165) is 20.6 Å². The van der Waals surface area contributed by atoms with Crippen molar-refractivity contribution in [3.8, 4) is 0 Å². The molecule has 2 rings (SSSR count). The second-order valence-electron chi connectivity index (χ2n) is 3.68. The van der Waals surface area contributed by atoms with Gasteiger partial charge >= 0.3 is 0 Å². The van der Waals surface area contributed by atoms with Crippen molar-refractivity contribution < 1.29 is 4.79 Å². The molecule has 88 valence electrons. The van der Waals surface area contributed by atoms with Gasteiger partial charge in [-0.25, -0.2) is 4.98 Å². The van der Waals surface area contributed by atoms with Crippen LogP contribution in [0.1, 0.15) is 20.9 Å². The van der Waals surface area contributed by atoms with Crippen LogP contribution < -0.4 is 5.32 Å². The van der Waals surface area contributed by atoms with Gasteiger partial charge in [0.05, 0.1) is 5.51 Å². The summed E-state index contributed by atoms with van der Waals surface area (Å²) in [7, 11) is 0. The van der Waals surface area contributed by atoms with Gasteiger partial charge in [-0.2, -0.15) is 0 Å². The quantitative estimate of drug-likeness (QED) is 0.917. The van der Waals surface area contributed by atoms with Crippen LogP contribution >= 0.6 is 27.3 Å². The van der Waals surface area contributed by atoms with E-state index in [2.05, 4.69) is 26.2 Å². The van der Waals surface area contributed by atoms with Gasteiger partial charge in [0.1, 0.15) is 5.69 Å². The third-order valence-electron chi connectivity index (χ3n) is 2.38. The van der Waals surface area contributed by atoms with Gasteiger partial charge < -0.3 is 5.32 Å². The molecule has 0 saturated carbocycles. The van der Waals surface area contributed by atoms with Crippen molar-refractivity contribution in [3.63, 3.8) is 0 Å². The van der Waals surface area contributed by atoms with E-state index >= 15 is 0 Å². The number of aryl methyl sites for hydroxylation is 2. The number of hydrogen-bond acceptors (Lipinski definition) is 3. The minimum Gasteiger partial charge on any atom is -0.321 e. The van der Waals surface area contributed by atoms with Crippen LogP contribution in [-0.2, 0) is 0 Å². The monoisotopic (exact) mass is 310 g/mol. The molecule has 3 nitrogen and oxygen atoms in total. The Labute approximate surface area is 112 Å². The molecule has 17 heavy (non-hydrogen) atoms. The Morgan fingerprint density at radius 2 is 2.18 bits per heavy atom. The van der Waals surface area contributed by atoms with Crippen molar-refractivity contribution in [2.24, 2.45) is 0 Å². The smallest absolute Gasteiger partial charge is 0.275 e. The number of hydrogen-bond donors (Lipinski definition) is 1. The number of nitrogens with one attached hydrogen (secondary N) is 1. The highest BCUT2D eigenvalue weighted by atomic mass is 79.9. The fraction of sp³-hybridized carbons (Fsp3) is 0.167. The highest BCUT2D eigenvalue weighted by Crippen LogP contribution is 2.21. The average Bonchev–Trinajstić information content (AvgIpc) is 2.70. The van der Waals surface area contributed by atoms with Crippen LogP contribution in [0.4, 0.5) is 5.69 Å². The number of amides is 1. The van der Waals surface area contributed by atoms with Gasteiger partial charge in [-0.1, -0.05) is 15.9 Å². The first-order chi connectivity index (χ1) is 8.08. The van der Waals surface area contributed by atoms with Crippen LogP contribution in [0.5, 0.6) is 0 Å². The number of halogens is 1. The number of aromatic nitrogens is 1. The third-order valence-corrected chi connectivity index (χ3v) is 4.02. The molecule has 1 aromatic carbocycles. The summed E-state index contributed by atoms with van der Waals surface area (Å²) in [4.78, 5) is 16.9. The second-order valence-corrected chi connectivity index (χ2v) is 5.59. The minimum absolute atomic E-state index is 0.162. The van der Waals surface area contributed by atoms with Gasteiger partial charge in [0, 0.05) is 15.0 Å². The van der Waals surface area contributed by atoms with Crippen LogP contribution in [-0.4, -0.2) is 10.9 Å². The standard InChI is InChI=1S/C12H11BrN2OS/c1-7-5-9(3-4-10(7)13)15-12(16)11-8(2)17-6-14-11/h3-6H,1-2H3,(H,15,16). The Morgan fingerprint density at radius 1 is 1.41 bits per heavy atom. The van der Waals surface area contributed by atoms with Crippen molar-refractivity contribution in [2.75, 3.05) is 5.32 Å². The molecule has 0 fully saturated rings. The predicted octanol–water partition coefficient (Wildman–Crippen LogP) is 3.77. The van der Waals surface area contributed by atoms with E-state index in [1.54, 1.807) is 5.51 Å². The Hall–Kier alpha value is -1.20. The molecule has 0 aliphatic heterocycles. The Bertz CT molecular complexity index is 565. The third kappa shape index (κ3) is 2.73.